The molecule has 0 aliphatic carbocycles. The van der Waals surface area contributed by atoms with Crippen LogP contribution in [-0.2, 0) is 16.1 Å². The highest BCUT2D eigenvalue weighted by atomic mass is 16.5. The second-order valence-corrected chi connectivity index (χ2v) is 4.83. The van der Waals surface area contributed by atoms with Gasteiger partial charge in [-0.25, -0.2) is 0 Å². The van der Waals surface area contributed by atoms with Gasteiger partial charge in [-0.15, -0.1) is 0 Å². The molecule has 1 aromatic carbocycles. The average Bonchev–Trinajstić information content (AvgIpc) is 2.55. The molecular weight excluding hydrogens is 266 g/mol. The first-order valence-corrected chi connectivity index (χ1v) is 7.01. The summed E-state index contributed by atoms with van der Waals surface area (Å²) >= 11 is 0. The number of aromatic nitrogens is 1. The summed E-state index contributed by atoms with van der Waals surface area (Å²) in [6, 6.07) is 12.8. The Bertz CT molecular complexity index is 557. The van der Waals surface area contributed by atoms with Gasteiger partial charge in [0.05, 0.1) is 6.10 Å². The third-order valence-electron chi connectivity index (χ3n) is 3.35. The Hall–Kier alpha value is -2.20. The third-order valence-corrected chi connectivity index (χ3v) is 3.35. The maximum absolute atomic E-state index is 12.3. The molecule has 1 heterocycles. The third kappa shape index (κ3) is 4.13. The summed E-state index contributed by atoms with van der Waals surface area (Å²) in [4.78, 5) is 16.2. The quantitative estimate of drug-likeness (QED) is 0.829. The molecule has 0 saturated carbocycles. The van der Waals surface area contributed by atoms with Crippen molar-refractivity contribution < 1.29 is 14.6 Å². The van der Waals surface area contributed by atoms with Gasteiger partial charge in [-0.2, -0.15) is 0 Å². The lowest BCUT2D eigenvalue weighted by molar-refractivity contribution is -0.149. The minimum absolute atomic E-state index is 0.182. The molecule has 2 atom stereocenters. The first-order valence-electron chi connectivity index (χ1n) is 7.01. The van der Waals surface area contributed by atoms with E-state index in [0.717, 1.165) is 11.1 Å². The molecular formula is C17H19NO3. The summed E-state index contributed by atoms with van der Waals surface area (Å²) in [7, 11) is 0. The molecule has 4 nitrogen and oxygen atoms in total. The Balaban J connectivity index is 2.08. The van der Waals surface area contributed by atoms with Gasteiger partial charge in [0, 0.05) is 12.4 Å². The smallest absolute Gasteiger partial charge is 0.316 e. The summed E-state index contributed by atoms with van der Waals surface area (Å²) in [6.07, 6.45) is 3.04. The van der Waals surface area contributed by atoms with Crippen molar-refractivity contribution in [2.24, 2.45) is 0 Å². The maximum Gasteiger partial charge on any atom is 0.316 e. The lowest BCUT2D eigenvalue weighted by atomic mass is 9.92. The fraction of sp³-hybridized carbons (Fsp3) is 0.294. The van der Waals surface area contributed by atoms with E-state index >= 15 is 0 Å². The van der Waals surface area contributed by atoms with E-state index in [2.05, 4.69) is 4.98 Å². The van der Waals surface area contributed by atoms with E-state index in [9.17, 15) is 9.90 Å². The number of aliphatic hydroxyl groups excluding tert-OH is 1. The van der Waals surface area contributed by atoms with Crippen molar-refractivity contribution in [2.75, 3.05) is 0 Å². The number of pyridine rings is 1. The van der Waals surface area contributed by atoms with Crippen molar-refractivity contribution in [2.45, 2.75) is 32.0 Å². The SMILES string of the molecule is CCC(O)C(C(=O)OCc1ccncc1)c1ccccc1. The van der Waals surface area contributed by atoms with Gasteiger partial charge in [0.25, 0.3) is 0 Å². The van der Waals surface area contributed by atoms with Gasteiger partial charge in [-0.05, 0) is 29.7 Å². The standard InChI is InChI=1S/C17H19NO3/c1-2-15(19)16(14-6-4-3-5-7-14)17(20)21-12-13-8-10-18-11-9-13/h3-11,15-16,19H,2,12H2,1H3. The van der Waals surface area contributed by atoms with Crippen molar-refractivity contribution in [1.82, 2.24) is 4.98 Å². The molecule has 4 heteroatoms. The fourth-order valence-electron chi connectivity index (χ4n) is 2.13. The number of carbonyl (C=O) groups excluding carboxylic acids is 1. The average molecular weight is 285 g/mol. The molecule has 0 saturated heterocycles. The zero-order chi connectivity index (χ0) is 15.1. The van der Waals surface area contributed by atoms with Crippen LogP contribution in [0.25, 0.3) is 0 Å². The van der Waals surface area contributed by atoms with E-state index in [-0.39, 0.29) is 6.61 Å². The van der Waals surface area contributed by atoms with Crippen LogP contribution in [0.5, 0.6) is 0 Å². The molecule has 21 heavy (non-hydrogen) atoms. The fourth-order valence-corrected chi connectivity index (χ4v) is 2.13. The lowest BCUT2D eigenvalue weighted by Crippen LogP contribution is -2.27. The van der Waals surface area contributed by atoms with E-state index in [0.29, 0.717) is 6.42 Å². The normalized spacial score (nSPS) is 13.4. The highest BCUT2D eigenvalue weighted by Gasteiger charge is 2.28. The molecule has 1 N–H and O–H groups in total. The van der Waals surface area contributed by atoms with E-state index in [4.69, 9.17) is 4.74 Å². The van der Waals surface area contributed by atoms with Gasteiger partial charge in [0.15, 0.2) is 0 Å². The van der Waals surface area contributed by atoms with Crippen molar-refractivity contribution in [3.8, 4) is 0 Å². The first-order chi connectivity index (χ1) is 10.2. The van der Waals surface area contributed by atoms with Crippen molar-refractivity contribution in [3.05, 3.63) is 66.0 Å². The number of hydrogen-bond acceptors (Lipinski definition) is 4. The number of ether oxygens (including phenoxy) is 1. The Labute approximate surface area is 124 Å². The van der Waals surface area contributed by atoms with Crippen LogP contribution >= 0.6 is 0 Å². The molecule has 0 fully saturated rings. The number of nitrogens with zero attached hydrogens (tertiary/aromatic N) is 1. The Morgan fingerprint density at radius 2 is 1.86 bits per heavy atom. The number of carbonyl (C=O) groups is 1. The van der Waals surface area contributed by atoms with Gasteiger partial charge in [-0.3, -0.25) is 9.78 Å². The molecule has 0 amide bonds. The van der Waals surface area contributed by atoms with E-state index in [1.807, 2.05) is 37.3 Å². The number of esters is 1. The molecule has 2 rings (SSSR count). The molecule has 0 aliphatic rings. The topological polar surface area (TPSA) is 59.4 Å². The van der Waals surface area contributed by atoms with Gasteiger partial charge in [0.2, 0.25) is 0 Å². The zero-order valence-electron chi connectivity index (χ0n) is 12.0. The van der Waals surface area contributed by atoms with Crippen LogP contribution in [0.4, 0.5) is 0 Å². The van der Waals surface area contributed by atoms with Crippen LogP contribution in [0.15, 0.2) is 54.9 Å². The number of benzene rings is 1. The molecule has 2 aromatic rings. The van der Waals surface area contributed by atoms with Crippen LogP contribution in [-0.4, -0.2) is 22.2 Å². The van der Waals surface area contributed by atoms with Crippen molar-refractivity contribution in [3.63, 3.8) is 0 Å². The Morgan fingerprint density at radius 1 is 1.19 bits per heavy atom. The van der Waals surface area contributed by atoms with Crippen LogP contribution < -0.4 is 0 Å². The van der Waals surface area contributed by atoms with Crippen LogP contribution in [0, 0.1) is 0 Å². The molecule has 0 bridgehead atoms. The van der Waals surface area contributed by atoms with Gasteiger partial charge >= 0.3 is 5.97 Å². The number of hydrogen-bond donors (Lipinski definition) is 1. The van der Waals surface area contributed by atoms with Crippen molar-refractivity contribution in [1.29, 1.82) is 0 Å². The second kappa shape index (κ2) is 7.55. The monoisotopic (exact) mass is 285 g/mol. The molecule has 0 aliphatic heterocycles. The Morgan fingerprint density at radius 3 is 2.48 bits per heavy atom. The van der Waals surface area contributed by atoms with Crippen LogP contribution in [0.3, 0.4) is 0 Å². The van der Waals surface area contributed by atoms with E-state index in [1.54, 1.807) is 24.5 Å². The van der Waals surface area contributed by atoms with Crippen LogP contribution in [0.2, 0.25) is 0 Å². The lowest BCUT2D eigenvalue weighted by Gasteiger charge is -2.21. The summed E-state index contributed by atoms with van der Waals surface area (Å²) in [5, 5.41) is 10.1. The molecule has 2 unspecified atom stereocenters. The minimum atomic E-state index is -0.752. The van der Waals surface area contributed by atoms with Crippen molar-refractivity contribution >= 4 is 5.97 Å². The predicted molar refractivity (Wildman–Crippen MR) is 79.5 cm³/mol. The highest BCUT2D eigenvalue weighted by molar-refractivity contribution is 5.79. The minimum Gasteiger partial charge on any atom is -0.460 e. The summed E-state index contributed by atoms with van der Waals surface area (Å²) in [5.41, 5.74) is 1.64. The summed E-state index contributed by atoms with van der Waals surface area (Å²) in [5.74, 6) is -1.06. The predicted octanol–water partition coefficient (Wildman–Crippen LogP) is 2.68. The van der Waals surface area contributed by atoms with E-state index < -0.39 is 18.0 Å². The molecule has 1 aromatic heterocycles. The maximum atomic E-state index is 12.3. The first kappa shape index (κ1) is 15.2. The van der Waals surface area contributed by atoms with Gasteiger partial charge < -0.3 is 9.84 Å². The molecule has 0 spiro atoms. The van der Waals surface area contributed by atoms with E-state index in [1.165, 1.54) is 0 Å². The second-order valence-electron chi connectivity index (χ2n) is 4.83. The summed E-state index contributed by atoms with van der Waals surface area (Å²) in [6.45, 7) is 2.03. The largest absolute Gasteiger partial charge is 0.460 e. The van der Waals surface area contributed by atoms with Crippen LogP contribution in [0.1, 0.15) is 30.4 Å². The van der Waals surface area contributed by atoms with Gasteiger partial charge in [-0.1, -0.05) is 37.3 Å². The molecule has 110 valence electrons. The molecule has 0 radical (unpaired) electrons. The van der Waals surface area contributed by atoms with Gasteiger partial charge in [0.1, 0.15) is 12.5 Å². The zero-order valence-corrected chi connectivity index (χ0v) is 12.0. The summed E-state index contributed by atoms with van der Waals surface area (Å²) < 4.78 is 5.34. The number of rotatable bonds is 6. The Kier molecular flexibility index (Phi) is 5.46. The number of aliphatic hydroxyl groups is 1. The highest BCUT2D eigenvalue weighted by Crippen LogP contribution is 2.23.